The minimum absolute atomic E-state index is 0.0649. The Morgan fingerprint density at radius 1 is 0.806 bits per heavy atom. The molecule has 0 aliphatic rings. The van der Waals surface area contributed by atoms with Crippen LogP contribution < -0.4 is 14.8 Å². The number of hydrogen-bond acceptors (Lipinski definition) is 5. The Hall–Kier alpha value is -4.55. The van der Waals surface area contributed by atoms with E-state index in [1.807, 2.05) is 0 Å². The molecule has 3 aromatic carbocycles. The first-order chi connectivity index (χ1) is 17.0. The zero-order valence-corrected chi connectivity index (χ0v) is 17.8. The van der Waals surface area contributed by atoms with E-state index in [-0.39, 0.29) is 11.5 Å². The Morgan fingerprint density at radius 3 is 2.00 bits per heavy atom. The second-order valence-corrected chi connectivity index (χ2v) is 7.17. The van der Waals surface area contributed by atoms with E-state index in [9.17, 15) is 31.1 Å². The second kappa shape index (κ2) is 9.60. The van der Waals surface area contributed by atoms with Crippen LogP contribution in [0.4, 0.5) is 36.8 Å². The number of ether oxygens (including phenoxy) is 2. The standard InChI is InChI=1S/C23H14F6N4O3/c24-22(25,26)15-3-9-18(10-4-15)35-21(34)31-16-5-1-14(2-6-16)20-30-13-33(32-20)17-7-11-19(12-8-17)36-23(27,28)29/h1-13H,(H,31,34). The predicted octanol–water partition coefficient (Wildman–Crippen LogP) is 6.46. The Kier molecular flexibility index (Phi) is 6.55. The van der Waals surface area contributed by atoms with Crippen LogP contribution in [0.3, 0.4) is 0 Å². The average molecular weight is 508 g/mol. The Labute approximate surface area is 198 Å². The molecule has 1 heterocycles. The lowest BCUT2D eigenvalue weighted by Gasteiger charge is -2.09. The number of rotatable bonds is 5. The van der Waals surface area contributed by atoms with Crippen molar-refractivity contribution in [2.75, 3.05) is 5.32 Å². The van der Waals surface area contributed by atoms with Crippen molar-refractivity contribution in [1.82, 2.24) is 14.8 Å². The highest BCUT2D eigenvalue weighted by molar-refractivity contribution is 5.86. The number of amides is 1. The molecule has 1 N–H and O–H groups in total. The van der Waals surface area contributed by atoms with Gasteiger partial charge in [-0.3, -0.25) is 5.32 Å². The van der Waals surface area contributed by atoms with E-state index in [4.69, 9.17) is 4.74 Å². The molecule has 1 aromatic heterocycles. The Morgan fingerprint density at radius 2 is 1.42 bits per heavy atom. The van der Waals surface area contributed by atoms with E-state index in [0.717, 1.165) is 36.4 Å². The Balaban J connectivity index is 1.37. The maximum absolute atomic E-state index is 12.6. The summed E-state index contributed by atoms with van der Waals surface area (Å²) >= 11 is 0. The third-order valence-corrected chi connectivity index (χ3v) is 4.61. The first-order valence-electron chi connectivity index (χ1n) is 10.0. The number of aromatic nitrogens is 3. The fourth-order valence-corrected chi connectivity index (χ4v) is 2.99. The molecule has 0 aliphatic heterocycles. The molecule has 36 heavy (non-hydrogen) atoms. The molecule has 1 amide bonds. The molecule has 0 fully saturated rings. The monoisotopic (exact) mass is 508 g/mol. The van der Waals surface area contributed by atoms with E-state index >= 15 is 0 Å². The topological polar surface area (TPSA) is 78.3 Å². The van der Waals surface area contributed by atoms with Crippen LogP contribution in [0.5, 0.6) is 11.5 Å². The number of benzene rings is 3. The molecule has 0 saturated heterocycles. The third-order valence-electron chi connectivity index (χ3n) is 4.61. The Bertz CT molecular complexity index is 1330. The van der Waals surface area contributed by atoms with Gasteiger partial charge in [-0.15, -0.1) is 18.3 Å². The molecular formula is C23H14F6N4O3. The molecule has 13 heteroatoms. The summed E-state index contributed by atoms with van der Waals surface area (Å²) in [5.41, 5.74) is 0.504. The number of carbonyl (C=O) groups excluding carboxylic acids is 1. The van der Waals surface area contributed by atoms with Gasteiger partial charge in [0, 0.05) is 11.3 Å². The van der Waals surface area contributed by atoms with Crippen LogP contribution in [0.1, 0.15) is 5.56 Å². The quantitative estimate of drug-likeness (QED) is 0.313. The molecule has 4 rings (SSSR count). The van der Waals surface area contributed by atoms with Crippen LogP contribution in [0.15, 0.2) is 79.1 Å². The highest BCUT2D eigenvalue weighted by atomic mass is 19.4. The number of carbonyl (C=O) groups is 1. The first-order valence-corrected chi connectivity index (χ1v) is 10.0. The van der Waals surface area contributed by atoms with Gasteiger partial charge in [0.1, 0.15) is 17.8 Å². The van der Waals surface area contributed by atoms with Crippen LogP contribution in [0.2, 0.25) is 0 Å². The molecule has 7 nitrogen and oxygen atoms in total. The summed E-state index contributed by atoms with van der Waals surface area (Å²) in [5, 5.41) is 6.72. The van der Waals surface area contributed by atoms with Crippen molar-refractivity contribution < 1.29 is 40.6 Å². The highest BCUT2D eigenvalue weighted by Crippen LogP contribution is 2.30. The van der Waals surface area contributed by atoms with Gasteiger partial charge in [0.2, 0.25) is 0 Å². The zero-order chi connectivity index (χ0) is 25.9. The summed E-state index contributed by atoms with van der Waals surface area (Å²) in [4.78, 5) is 16.2. The van der Waals surface area contributed by atoms with Crippen LogP contribution in [-0.2, 0) is 6.18 Å². The van der Waals surface area contributed by atoms with Gasteiger partial charge in [0.05, 0.1) is 11.3 Å². The van der Waals surface area contributed by atoms with Crippen molar-refractivity contribution in [3.05, 3.63) is 84.7 Å². The molecule has 0 aliphatic carbocycles. The van der Waals surface area contributed by atoms with Crippen molar-refractivity contribution in [2.24, 2.45) is 0 Å². The maximum atomic E-state index is 12.6. The summed E-state index contributed by atoms with van der Waals surface area (Å²) < 4.78 is 84.8. The number of anilines is 1. The van der Waals surface area contributed by atoms with E-state index in [0.29, 0.717) is 22.8 Å². The van der Waals surface area contributed by atoms with Crippen molar-refractivity contribution in [2.45, 2.75) is 12.5 Å². The van der Waals surface area contributed by atoms with Gasteiger partial charge in [0.15, 0.2) is 5.82 Å². The number of nitrogens with zero attached hydrogens (tertiary/aromatic N) is 3. The molecule has 0 radical (unpaired) electrons. The minimum Gasteiger partial charge on any atom is -0.410 e. The van der Waals surface area contributed by atoms with E-state index in [1.165, 1.54) is 35.3 Å². The van der Waals surface area contributed by atoms with E-state index in [2.05, 4.69) is 20.1 Å². The van der Waals surface area contributed by atoms with Crippen LogP contribution in [0.25, 0.3) is 17.1 Å². The number of hydrogen-bond donors (Lipinski definition) is 1. The smallest absolute Gasteiger partial charge is 0.410 e. The number of alkyl halides is 6. The summed E-state index contributed by atoms with van der Waals surface area (Å²) in [6.07, 6.45) is -8.81. The van der Waals surface area contributed by atoms with Gasteiger partial charge < -0.3 is 9.47 Å². The maximum Gasteiger partial charge on any atom is 0.573 e. The normalized spacial score (nSPS) is 11.7. The summed E-state index contributed by atoms with van der Waals surface area (Å²) in [7, 11) is 0. The van der Waals surface area contributed by atoms with E-state index < -0.39 is 24.2 Å². The molecule has 0 spiro atoms. The number of halogens is 6. The van der Waals surface area contributed by atoms with Crippen molar-refractivity contribution in [3.63, 3.8) is 0 Å². The van der Waals surface area contributed by atoms with Gasteiger partial charge in [-0.1, -0.05) is 0 Å². The predicted molar refractivity (Wildman–Crippen MR) is 115 cm³/mol. The van der Waals surface area contributed by atoms with Crippen LogP contribution in [0, 0.1) is 0 Å². The van der Waals surface area contributed by atoms with Gasteiger partial charge in [0.25, 0.3) is 0 Å². The first kappa shape index (κ1) is 24.6. The molecule has 4 aromatic rings. The van der Waals surface area contributed by atoms with Gasteiger partial charge >= 0.3 is 18.6 Å². The lowest BCUT2D eigenvalue weighted by atomic mass is 10.2. The molecule has 0 atom stereocenters. The largest absolute Gasteiger partial charge is 0.573 e. The van der Waals surface area contributed by atoms with Crippen LogP contribution >= 0.6 is 0 Å². The van der Waals surface area contributed by atoms with Gasteiger partial charge in [-0.25, -0.2) is 14.5 Å². The SMILES string of the molecule is O=C(Nc1ccc(-c2ncn(-c3ccc(OC(F)(F)F)cc3)n2)cc1)Oc1ccc(C(F)(F)F)cc1. The fourth-order valence-electron chi connectivity index (χ4n) is 2.99. The molecule has 0 unspecified atom stereocenters. The lowest BCUT2D eigenvalue weighted by molar-refractivity contribution is -0.274. The van der Waals surface area contributed by atoms with E-state index in [1.54, 1.807) is 12.1 Å². The molecular weight excluding hydrogens is 494 g/mol. The fraction of sp³-hybridized carbons (Fsp3) is 0.0870. The third kappa shape index (κ3) is 6.31. The summed E-state index contributed by atoms with van der Waals surface area (Å²) in [6.45, 7) is 0. The summed E-state index contributed by atoms with van der Waals surface area (Å²) in [5.74, 6) is -0.124. The molecule has 0 bridgehead atoms. The van der Waals surface area contributed by atoms with Gasteiger partial charge in [-0.05, 0) is 72.8 Å². The van der Waals surface area contributed by atoms with Crippen LogP contribution in [-0.4, -0.2) is 27.2 Å². The van der Waals surface area contributed by atoms with Crippen molar-refractivity contribution >= 4 is 11.8 Å². The molecule has 0 saturated carbocycles. The zero-order valence-electron chi connectivity index (χ0n) is 17.8. The van der Waals surface area contributed by atoms with Crippen molar-refractivity contribution in [1.29, 1.82) is 0 Å². The average Bonchev–Trinajstić information content (AvgIpc) is 3.29. The van der Waals surface area contributed by atoms with Crippen molar-refractivity contribution in [3.8, 4) is 28.6 Å². The summed E-state index contributed by atoms with van der Waals surface area (Å²) in [6, 6.07) is 15.0. The second-order valence-electron chi connectivity index (χ2n) is 7.17. The number of nitrogens with one attached hydrogen (secondary N) is 1. The van der Waals surface area contributed by atoms with Gasteiger partial charge in [-0.2, -0.15) is 13.2 Å². The minimum atomic E-state index is -4.79. The highest BCUT2D eigenvalue weighted by Gasteiger charge is 2.31. The lowest BCUT2D eigenvalue weighted by Crippen LogP contribution is -2.17. The molecule has 186 valence electrons.